The van der Waals surface area contributed by atoms with Crippen molar-refractivity contribution < 1.29 is 9.47 Å². The quantitative estimate of drug-likeness (QED) is 0.684. The van der Waals surface area contributed by atoms with Gasteiger partial charge in [0.05, 0.1) is 6.04 Å². The van der Waals surface area contributed by atoms with Gasteiger partial charge < -0.3 is 20.1 Å². The maximum atomic E-state index is 5.27. The van der Waals surface area contributed by atoms with E-state index in [1.54, 1.807) is 14.2 Å². The van der Waals surface area contributed by atoms with Gasteiger partial charge in [-0.3, -0.25) is 0 Å². The number of hydrogen-bond acceptors (Lipinski definition) is 4. The van der Waals surface area contributed by atoms with Gasteiger partial charge in [-0.2, -0.15) is 0 Å². The lowest BCUT2D eigenvalue weighted by atomic mass is 10.0. The van der Waals surface area contributed by atoms with Crippen LogP contribution in [-0.2, 0) is 9.47 Å². The van der Waals surface area contributed by atoms with Crippen LogP contribution in [0.15, 0.2) is 0 Å². The Morgan fingerprint density at radius 2 is 1.89 bits per heavy atom. The Bertz CT molecular complexity index is 198. The predicted octanol–water partition coefficient (Wildman–Crippen LogP) is 1.89. The summed E-state index contributed by atoms with van der Waals surface area (Å²) in [6.07, 6.45) is 6.36. The SMILES string of the molecule is COC(OC)C(C)NC(C)CC1CCCCCN1. The molecule has 1 fully saturated rings. The van der Waals surface area contributed by atoms with Crippen molar-refractivity contribution in [3.63, 3.8) is 0 Å². The lowest BCUT2D eigenvalue weighted by Gasteiger charge is -2.28. The third-order valence-electron chi connectivity index (χ3n) is 3.72. The molecule has 0 aliphatic carbocycles. The highest BCUT2D eigenvalue weighted by molar-refractivity contribution is 4.78. The minimum Gasteiger partial charge on any atom is -0.354 e. The molecular weight excluding hydrogens is 228 g/mol. The standard InChI is InChI=1S/C14H30N2O2/c1-11(16-12(2)14(17-3)18-4)10-13-8-6-5-7-9-15-13/h11-16H,5-10H2,1-4H3. The number of rotatable bonds is 7. The van der Waals surface area contributed by atoms with Gasteiger partial charge in [-0.1, -0.05) is 12.8 Å². The molecule has 1 heterocycles. The summed E-state index contributed by atoms with van der Waals surface area (Å²) < 4.78 is 10.5. The molecule has 1 rings (SSSR count). The van der Waals surface area contributed by atoms with E-state index in [0.29, 0.717) is 12.1 Å². The monoisotopic (exact) mass is 258 g/mol. The van der Waals surface area contributed by atoms with Gasteiger partial charge in [-0.15, -0.1) is 0 Å². The fraction of sp³-hybridized carbons (Fsp3) is 1.00. The number of nitrogens with one attached hydrogen (secondary N) is 2. The fourth-order valence-corrected chi connectivity index (χ4v) is 2.83. The first-order chi connectivity index (χ1) is 8.67. The molecule has 0 spiro atoms. The van der Waals surface area contributed by atoms with Crippen molar-refractivity contribution in [1.29, 1.82) is 0 Å². The zero-order valence-electron chi connectivity index (χ0n) is 12.4. The van der Waals surface area contributed by atoms with Crippen molar-refractivity contribution in [3.8, 4) is 0 Å². The summed E-state index contributed by atoms with van der Waals surface area (Å²) in [5.41, 5.74) is 0. The number of ether oxygens (including phenoxy) is 2. The predicted molar refractivity (Wildman–Crippen MR) is 74.7 cm³/mol. The summed E-state index contributed by atoms with van der Waals surface area (Å²) in [7, 11) is 3.37. The van der Waals surface area contributed by atoms with Crippen molar-refractivity contribution in [1.82, 2.24) is 10.6 Å². The Hall–Kier alpha value is -0.160. The zero-order chi connectivity index (χ0) is 13.4. The minimum absolute atomic E-state index is 0.172. The highest BCUT2D eigenvalue weighted by atomic mass is 16.7. The second-order valence-electron chi connectivity index (χ2n) is 5.43. The lowest BCUT2D eigenvalue weighted by molar-refractivity contribution is -0.120. The van der Waals surface area contributed by atoms with Crippen LogP contribution in [0.2, 0.25) is 0 Å². The van der Waals surface area contributed by atoms with Crippen molar-refractivity contribution in [2.75, 3.05) is 20.8 Å². The van der Waals surface area contributed by atoms with Crippen molar-refractivity contribution in [3.05, 3.63) is 0 Å². The minimum atomic E-state index is -0.172. The molecule has 108 valence electrons. The molecule has 0 radical (unpaired) electrons. The molecule has 3 atom stereocenters. The Morgan fingerprint density at radius 3 is 2.56 bits per heavy atom. The normalized spacial score (nSPS) is 24.8. The first kappa shape index (κ1) is 15.9. The average Bonchev–Trinajstić information content (AvgIpc) is 2.59. The Labute approximate surface area is 112 Å². The van der Waals surface area contributed by atoms with Crippen LogP contribution in [-0.4, -0.2) is 45.2 Å². The molecule has 4 heteroatoms. The molecule has 1 saturated heterocycles. The molecule has 0 aromatic rings. The van der Waals surface area contributed by atoms with Gasteiger partial charge in [0.25, 0.3) is 0 Å². The van der Waals surface area contributed by atoms with Crippen molar-refractivity contribution in [2.24, 2.45) is 0 Å². The molecule has 0 bridgehead atoms. The first-order valence-corrected chi connectivity index (χ1v) is 7.22. The summed E-state index contributed by atoms with van der Waals surface area (Å²) in [5, 5.41) is 7.20. The van der Waals surface area contributed by atoms with E-state index < -0.39 is 0 Å². The summed E-state index contributed by atoms with van der Waals surface area (Å²) in [5.74, 6) is 0. The Morgan fingerprint density at radius 1 is 1.17 bits per heavy atom. The van der Waals surface area contributed by atoms with Crippen LogP contribution in [0.4, 0.5) is 0 Å². The molecule has 0 amide bonds. The molecule has 2 N–H and O–H groups in total. The van der Waals surface area contributed by atoms with Gasteiger partial charge in [0, 0.05) is 26.3 Å². The average molecular weight is 258 g/mol. The van der Waals surface area contributed by atoms with Crippen LogP contribution < -0.4 is 10.6 Å². The largest absolute Gasteiger partial charge is 0.354 e. The van der Waals surface area contributed by atoms with Crippen LogP contribution in [0.1, 0.15) is 46.0 Å². The molecule has 0 aromatic heterocycles. The van der Waals surface area contributed by atoms with E-state index in [1.807, 2.05) is 0 Å². The third-order valence-corrected chi connectivity index (χ3v) is 3.72. The van der Waals surface area contributed by atoms with Gasteiger partial charge in [0.2, 0.25) is 0 Å². The molecule has 4 nitrogen and oxygen atoms in total. The van der Waals surface area contributed by atoms with Crippen LogP contribution in [0.3, 0.4) is 0 Å². The Kier molecular flexibility index (Phi) is 7.82. The van der Waals surface area contributed by atoms with Crippen LogP contribution in [0, 0.1) is 0 Å². The highest BCUT2D eigenvalue weighted by Gasteiger charge is 2.20. The van der Waals surface area contributed by atoms with E-state index >= 15 is 0 Å². The lowest BCUT2D eigenvalue weighted by Crippen LogP contribution is -2.46. The first-order valence-electron chi connectivity index (χ1n) is 7.22. The van der Waals surface area contributed by atoms with Crippen molar-refractivity contribution >= 4 is 0 Å². The van der Waals surface area contributed by atoms with Crippen LogP contribution in [0.25, 0.3) is 0 Å². The number of hydrogen-bond donors (Lipinski definition) is 2. The van der Waals surface area contributed by atoms with Crippen molar-refractivity contribution in [2.45, 2.75) is 70.4 Å². The Balaban J connectivity index is 2.28. The second kappa shape index (κ2) is 8.86. The molecule has 1 aliphatic rings. The summed E-state index contributed by atoms with van der Waals surface area (Å²) in [6, 6.07) is 1.34. The topological polar surface area (TPSA) is 42.5 Å². The fourth-order valence-electron chi connectivity index (χ4n) is 2.83. The van der Waals surface area contributed by atoms with Crippen LogP contribution >= 0.6 is 0 Å². The van der Waals surface area contributed by atoms with Crippen LogP contribution in [0.5, 0.6) is 0 Å². The molecule has 1 aliphatic heterocycles. The number of methoxy groups -OCH3 is 2. The van der Waals surface area contributed by atoms with Gasteiger partial charge >= 0.3 is 0 Å². The summed E-state index contributed by atoms with van der Waals surface area (Å²) in [6.45, 7) is 5.52. The molecule has 3 unspecified atom stereocenters. The van der Waals surface area contributed by atoms with E-state index in [0.717, 1.165) is 0 Å². The van der Waals surface area contributed by atoms with E-state index in [-0.39, 0.29) is 12.3 Å². The molecule has 0 aromatic carbocycles. The maximum absolute atomic E-state index is 5.27. The van der Waals surface area contributed by atoms with Gasteiger partial charge in [0.15, 0.2) is 6.29 Å². The van der Waals surface area contributed by atoms with Gasteiger partial charge in [-0.05, 0) is 39.7 Å². The van der Waals surface area contributed by atoms with Gasteiger partial charge in [0.1, 0.15) is 0 Å². The summed E-state index contributed by atoms with van der Waals surface area (Å²) in [4.78, 5) is 0. The maximum Gasteiger partial charge on any atom is 0.171 e. The second-order valence-corrected chi connectivity index (χ2v) is 5.43. The molecule has 18 heavy (non-hydrogen) atoms. The van der Waals surface area contributed by atoms with E-state index in [2.05, 4.69) is 24.5 Å². The van der Waals surface area contributed by atoms with E-state index in [9.17, 15) is 0 Å². The van der Waals surface area contributed by atoms with E-state index in [4.69, 9.17) is 9.47 Å². The smallest absolute Gasteiger partial charge is 0.171 e. The molecule has 0 saturated carbocycles. The third kappa shape index (κ3) is 5.65. The zero-order valence-corrected chi connectivity index (χ0v) is 12.4. The van der Waals surface area contributed by atoms with Gasteiger partial charge in [-0.25, -0.2) is 0 Å². The molecular formula is C14H30N2O2. The highest BCUT2D eigenvalue weighted by Crippen LogP contribution is 2.13. The van der Waals surface area contributed by atoms with E-state index in [1.165, 1.54) is 38.6 Å². The summed E-state index contributed by atoms with van der Waals surface area (Å²) >= 11 is 0.